The zero-order valence-electron chi connectivity index (χ0n) is 12.7. The average molecular weight is 433 g/mol. The maximum absolute atomic E-state index is 12.0. The van der Waals surface area contributed by atoms with Gasteiger partial charge in [-0.25, -0.2) is 14.6 Å². The minimum Gasteiger partial charge on any atom is -0.465 e. The Morgan fingerprint density at radius 3 is 2.62 bits per heavy atom. The number of cyclic esters (lactones) is 1. The van der Waals surface area contributed by atoms with E-state index in [0.29, 0.717) is 5.56 Å². The van der Waals surface area contributed by atoms with Crippen LogP contribution in [0, 0.1) is 3.57 Å². The molecule has 2 aromatic carbocycles. The highest BCUT2D eigenvalue weighted by Gasteiger charge is 2.24. The van der Waals surface area contributed by atoms with Gasteiger partial charge in [-0.3, -0.25) is 0 Å². The van der Waals surface area contributed by atoms with Crippen molar-refractivity contribution in [2.24, 2.45) is 4.99 Å². The molecule has 1 aliphatic rings. The van der Waals surface area contributed by atoms with Crippen LogP contribution in [0.1, 0.15) is 21.5 Å². The molecule has 0 N–H and O–H groups in total. The molecule has 0 unspecified atom stereocenters. The maximum Gasteiger partial charge on any atom is 0.363 e. The van der Waals surface area contributed by atoms with Gasteiger partial charge in [-0.15, -0.1) is 0 Å². The first-order valence-electron chi connectivity index (χ1n) is 7.04. The van der Waals surface area contributed by atoms with E-state index in [1.54, 1.807) is 30.3 Å². The SMILES string of the molecule is COC(=O)c1ccc(C=C2N=C(c3cccc(I)c3)OC2=O)cc1. The minimum absolute atomic E-state index is 0.217. The van der Waals surface area contributed by atoms with E-state index in [4.69, 9.17) is 4.74 Å². The number of ether oxygens (including phenoxy) is 2. The number of benzene rings is 2. The number of aliphatic imine (C=N–C) groups is 1. The van der Waals surface area contributed by atoms with Gasteiger partial charge in [0.15, 0.2) is 5.70 Å². The van der Waals surface area contributed by atoms with Crippen LogP contribution in [-0.2, 0) is 14.3 Å². The van der Waals surface area contributed by atoms with Crippen LogP contribution in [0.5, 0.6) is 0 Å². The first kappa shape index (κ1) is 16.4. The van der Waals surface area contributed by atoms with Crippen LogP contribution in [0.3, 0.4) is 0 Å². The summed E-state index contributed by atoms with van der Waals surface area (Å²) in [6.45, 7) is 0. The molecule has 0 aromatic heterocycles. The molecule has 0 bridgehead atoms. The molecular weight excluding hydrogens is 421 g/mol. The van der Waals surface area contributed by atoms with Gasteiger partial charge in [0.05, 0.1) is 12.7 Å². The van der Waals surface area contributed by atoms with Gasteiger partial charge in [-0.2, -0.15) is 0 Å². The predicted octanol–water partition coefficient (Wildman–Crippen LogP) is 3.42. The Labute approximate surface area is 152 Å². The monoisotopic (exact) mass is 433 g/mol. The third-order valence-electron chi connectivity index (χ3n) is 3.33. The summed E-state index contributed by atoms with van der Waals surface area (Å²) in [5.41, 5.74) is 2.15. The van der Waals surface area contributed by atoms with Gasteiger partial charge in [0.25, 0.3) is 0 Å². The number of hydrogen-bond donors (Lipinski definition) is 0. The smallest absolute Gasteiger partial charge is 0.363 e. The topological polar surface area (TPSA) is 65.0 Å². The number of rotatable bonds is 3. The summed E-state index contributed by atoms with van der Waals surface area (Å²) in [6, 6.07) is 14.2. The highest BCUT2D eigenvalue weighted by molar-refractivity contribution is 14.1. The van der Waals surface area contributed by atoms with Crippen LogP contribution in [0.2, 0.25) is 0 Å². The zero-order chi connectivity index (χ0) is 17.1. The van der Waals surface area contributed by atoms with Crippen molar-refractivity contribution in [2.75, 3.05) is 7.11 Å². The van der Waals surface area contributed by atoms with Crippen molar-refractivity contribution in [2.45, 2.75) is 0 Å². The van der Waals surface area contributed by atoms with Gasteiger partial charge < -0.3 is 9.47 Å². The zero-order valence-corrected chi connectivity index (χ0v) is 14.8. The molecule has 1 heterocycles. The maximum atomic E-state index is 12.0. The molecule has 0 saturated carbocycles. The van der Waals surface area contributed by atoms with E-state index in [0.717, 1.165) is 14.7 Å². The quantitative estimate of drug-likeness (QED) is 0.423. The standard InChI is InChI=1S/C18H12INO4/c1-23-17(21)12-7-5-11(6-8-12)9-15-18(22)24-16(20-15)13-3-2-4-14(19)10-13/h2-10H,1H3. The van der Waals surface area contributed by atoms with Gasteiger partial charge >= 0.3 is 11.9 Å². The van der Waals surface area contributed by atoms with Crippen molar-refractivity contribution in [1.29, 1.82) is 0 Å². The van der Waals surface area contributed by atoms with Crippen LogP contribution < -0.4 is 0 Å². The second kappa shape index (κ2) is 6.96. The molecule has 0 amide bonds. The van der Waals surface area contributed by atoms with Crippen molar-refractivity contribution in [3.8, 4) is 0 Å². The van der Waals surface area contributed by atoms with Gasteiger partial charge in [-0.1, -0.05) is 18.2 Å². The largest absolute Gasteiger partial charge is 0.465 e. The lowest BCUT2D eigenvalue weighted by atomic mass is 10.1. The first-order valence-corrected chi connectivity index (χ1v) is 8.11. The Kier molecular flexibility index (Phi) is 4.75. The lowest BCUT2D eigenvalue weighted by Gasteiger charge is -1.99. The van der Waals surface area contributed by atoms with E-state index in [2.05, 4.69) is 32.3 Å². The van der Waals surface area contributed by atoms with Crippen LogP contribution in [0.15, 0.2) is 59.2 Å². The third-order valence-corrected chi connectivity index (χ3v) is 4.00. The summed E-state index contributed by atoms with van der Waals surface area (Å²) >= 11 is 2.18. The molecule has 0 aliphatic carbocycles. The van der Waals surface area contributed by atoms with E-state index in [9.17, 15) is 9.59 Å². The van der Waals surface area contributed by atoms with Crippen molar-refractivity contribution in [1.82, 2.24) is 0 Å². The number of esters is 2. The summed E-state index contributed by atoms with van der Waals surface area (Å²) in [4.78, 5) is 27.7. The molecular formula is C18H12INO4. The number of nitrogens with zero attached hydrogens (tertiary/aromatic N) is 1. The molecule has 24 heavy (non-hydrogen) atoms. The van der Waals surface area contributed by atoms with E-state index in [-0.39, 0.29) is 11.6 Å². The molecule has 0 saturated heterocycles. The average Bonchev–Trinajstić information content (AvgIpc) is 2.96. The Balaban J connectivity index is 1.87. The second-order valence-electron chi connectivity index (χ2n) is 4.96. The van der Waals surface area contributed by atoms with Crippen molar-refractivity contribution in [3.05, 3.63) is 74.5 Å². The molecule has 2 aromatic rings. The van der Waals surface area contributed by atoms with E-state index in [1.165, 1.54) is 7.11 Å². The lowest BCUT2D eigenvalue weighted by molar-refractivity contribution is -0.129. The molecule has 6 heteroatoms. The summed E-state index contributed by atoms with van der Waals surface area (Å²) in [5.74, 6) is -0.620. The molecule has 0 spiro atoms. The van der Waals surface area contributed by atoms with E-state index < -0.39 is 11.9 Å². The van der Waals surface area contributed by atoms with Gasteiger partial charge in [-0.05, 0) is 64.6 Å². The normalized spacial score (nSPS) is 15.2. The summed E-state index contributed by atoms with van der Waals surface area (Å²) in [6.07, 6.45) is 1.62. The fraction of sp³-hybridized carbons (Fsp3) is 0.0556. The first-order chi connectivity index (χ1) is 11.6. The highest BCUT2D eigenvalue weighted by atomic mass is 127. The third kappa shape index (κ3) is 3.53. The van der Waals surface area contributed by atoms with Crippen molar-refractivity contribution < 1.29 is 19.1 Å². The molecule has 0 fully saturated rings. The van der Waals surface area contributed by atoms with Crippen LogP contribution in [0.25, 0.3) is 6.08 Å². The van der Waals surface area contributed by atoms with Crippen LogP contribution >= 0.6 is 22.6 Å². The Morgan fingerprint density at radius 2 is 1.96 bits per heavy atom. The summed E-state index contributed by atoms with van der Waals surface area (Å²) in [5, 5.41) is 0. The Hall–Kier alpha value is -2.48. The molecule has 3 rings (SSSR count). The van der Waals surface area contributed by atoms with Crippen molar-refractivity contribution >= 4 is 46.5 Å². The van der Waals surface area contributed by atoms with Crippen molar-refractivity contribution in [3.63, 3.8) is 0 Å². The van der Waals surface area contributed by atoms with E-state index >= 15 is 0 Å². The molecule has 5 nitrogen and oxygen atoms in total. The Morgan fingerprint density at radius 1 is 1.21 bits per heavy atom. The van der Waals surface area contributed by atoms with Crippen LogP contribution in [0.4, 0.5) is 0 Å². The highest BCUT2D eigenvalue weighted by Crippen LogP contribution is 2.20. The predicted molar refractivity (Wildman–Crippen MR) is 97.5 cm³/mol. The number of hydrogen-bond acceptors (Lipinski definition) is 5. The molecule has 0 atom stereocenters. The second-order valence-corrected chi connectivity index (χ2v) is 6.21. The number of carbonyl (C=O) groups is 2. The molecule has 1 aliphatic heterocycles. The van der Waals surface area contributed by atoms with Gasteiger partial charge in [0.2, 0.25) is 5.90 Å². The fourth-order valence-corrected chi connectivity index (χ4v) is 2.69. The van der Waals surface area contributed by atoms with E-state index in [1.807, 2.05) is 24.3 Å². The number of carbonyl (C=O) groups excluding carboxylic acids is 2. The number of methoxy groups -OCH3 is 1. The van der Waals surface area contributed by atoms with Gasteiger partial charge in [0, 0.05) is 9.13 Å². The summed E-state index contributed by atoms with van der Waals surface area (Å²) in [7, 11) is 1.33. The summed E-state index contributed by atoms with van der Waals surface area (Å²) < 4.78 is 10.9. The Bertz CT molecular complexity index is 869. The number of halogens is 1. The molecule has 120 valence electrons. The van der Waals surface area contributed by atoms with Gasteiger partial charge in [0.1, 0.15) is 0 Å². The lowest BCUT2D eigenvalue weighted by Crippen LogP contribution is -2.05. The fourth-order valence-electron chi connectivity index (χ4n) is 2.15. The minimum atomic E-state index is -0.499. The van der Waals surface area contributed by atoms with Crippen LogP contribution in [-0.4, -0.2) is 24.9 Å². The molecule has 0 radical (unpaired) electrons.